The van der Waals surface area contributed by atoms with Crippen LogP contribution in [0.3, 0.4) is 0 Å². The van der Waals surface area contributed by atoms with E-state index < -0.39 is 0 Å². The summed E-state index contributed by atoms with van der Waals surface area (Å²) in [5.74, 6) is 1.52. The van der Waals surface area contributed by atoms with Crippen LogP contribution < -0.4 is 14.2 Å². The molecule has 0 radical (unpaired) electrons. The third kappa shape index (κ3) is 3.81. The lowest BCUT2D eigenvalue weighted by molar-refractivity contribution is -0.0165. The normalized spacial score (nSPS) is 17.9. The molecule has 0 bridgehead atoms. The minimum atomic E-state index is -0.271. The number of hydrogen-bond donors (Lipinski definition) is 0. The summed E-state index contributed by atoms with van der Waals surface area (Å²) < 4.78 is 36.3. The average molecular weight is 480 g/mol. The van der Waals surface area contributed by atoms with Crippen LogP contribution in [0.1, 0.15) is 32.6 Å². The van der Waals surface area contributed by atoms with Gasteiger partial charge in [-0.05, 0) is 48.0 Å². The third-order valence-corrected chi connectivity index (χ3v) is 6.21. The van der Waals surface area contributed by atoms with Gasteiger partial charge < -0.3 is 18.9 Å². The lowest BCUT2D eigenvalue weighted by atomic mass is 10.0. The van der Waals surface area contributed by atoms with Gasteiger partial charge in [0.25, 0.3) is 0 Å². The number of carbonyl (C=O) groups is 1. The molecule has 0 unspecified atom stereocenters. The van der Waals surface area contributed by atoms with E-state index in [4.69, 9.17) is 30.5 Å². The summed E-state index contributed by atoms with van der Waals surface area (Å²) in [6.07, 6.45) is 1.66. The Morgan fingerprint density at radius 1 is 1.06 bits per heavy atom. The Morgan fingerprint density at radius 3 is 2.76 bits per heavy atom. The van der Waals surface area contributed by atoms with Gasteiger partial charge in [-0.2, -0.15) is 0 Å². The zero-order valence-electron chi connectivity index (χ0n) is 18.0. The van der Waals surface area contributed by atoms with Crippen molar-refractivity contribution in [3.8, 4) is 17.2 Å². The fraction of sp³-hybridized carbons (Fsp3) is 0.192. The zero-order chi connectivity index (χ0) is 23.2. The van der Waals surface area contributed by atoms with E-state index in [0.717, 1.165) is 16.7 Å². The molecule has 3 aliphatic heterocycles. The highest BCUT2D eigenvalue weighted by Crippen LogP contribution is 2.43. The molecule has 3 aromatic rings. The van der Waals surface area contributed by atoms with Gasteiger partial charge in [0.15, 0.2) is 12.6 Å². The molecule has 3 aromatic carbocycles. The first-order valence-electron chi connectivity index (χ1n) is 10.8. The predicted octanol–water partition coefficient (Wildman–Crippen LogP) is 5.31. The summed E-state index contributed by atoms with van der Waals surface area (Å²) in [5, 5.41) is 0.518. The second-order valence-electron chi connectivity index (χ2n) is 8.34. The van der Waals surface area contributed by atoms with Crippen molar-refractivity contribution >= 4 is 23.5 Å². The van der Waals surface area contributed by atoms with Crippen molar-refractivity contribution < 1.29 is 28.1 Å². The highest BCUT2D eigenvalue weighted by Gasteiger charge is 2.34. The molecule has 0 fully saturated rings. The molecule has 0 atom stereocenters. The molecule has 0 aliphatic carbocycles. The van der Waals surface area contributed by atoms with E-state index in [9.17, 15) is 9.18 Å². The Kier molecular flexibility index (Phi) is 5.25. The SMILES string of the molecule is O=C1/C(=C/c2cc(Cl)cc3c2OCOC3)Oc2c1ccc1c2CN(Cc2ccc(F)cc2)CO1. The van der Waals surface area contributed by atoms with Gasteiger partial charge in [-0.3, -0.25) is 9.69 Å². The highest BCUT2D eigenvalue weighted by atomic mass is 35.5. The number of nitrogens with zero attached hydrogens (tertiary/aromatic N) is 1. The van der Waals surface area contributed by atoms with Crippen LogP contribution in [0.4, 0.5) is 4.39 Å². The van der Waals surface area contributed by atoms with Crippen LogP contribution in [0.5, 0.6) is 17.2 Å². The van der Waals surface area contributed by atoms with Crippen LogP contribution in [-0.2, 0) is 24.4 Å². The van der Waals surface area contributed by atoms with Crippen molar-refractivity contribution in [3.63, 3.8) is 0 Å². The topological polar surface area (TPSA) is 57.2 Å². The molecule has 0 amide bonds. The Balaban J connectivity index is 1.30. The van der Waals surface area contributed by atoms with Crippen molar-refractivity contribution in [2.24, 2.45) is 0 Å². The van der Waals surface area contributed by atoms with E-state index in [1.54, 1.807) is 42.5 Å². The summed E-state index contributed by atoms with van der Waals surface area (Å²) in [4.78, 5) is 15.2. The Bertz CT molecular complexity index is 1340. The van der Waals surface area contributed by atoms with Gasteiger partial charge in [-0.1, -0.05) is 23.7 Å². The molecule has 8 heteroatoms. The van der Waals surface area contributed by atoms with E-state index >= 15 is 0 Å². The number of fused-ring (bicyclic) bond motifs is 4. The van der Waals surface area contributed by atoms with E-state index in [-0.39, 0.29) is 24.2 Å². The van der Waals surface area contributed by atoms with E-state index in [2.05, 4.69) is 4.90 Å². The first-order chi connectivity index (χ1) is 16.5. The van der Waals surface area contributed by atoms with Crippen molar-refractivity contribution in [1.29, 1.82) is 0 Å². The summed E-state index contributed by atoms with van der Waals surface area (Å²) in [5.41, 5.74) is 3.73. The largest absolute Gasteiger partial charge is 0.478 e. The molecule has 0 aromatic heterocycles. The van der Waals surface area contributed by atoms with Gasteiger partial charge in [0.2, 0.25) is 5.78 Å². The molecule has 0 spiro atoms. The Hall–Kier alpha value is -3.39. The molecule has 0 N–H and O–H groups in total. The predicted molar refractivity (Wildman–Crippen MR) is 122 cm³/mol. The standard InChI is InChI=1S/C26H19ClFNO5/c27-18-7-16(25-17(8-18)12-31-14-33-25)9-23-24(30)20-5-6-22-21(26(20)34-23)11-29(13-32-22)10-15-1-3-19(28)4-2-15/h1-9H,10-14H2/b23-9-. The number of ketones is 1. The lowest BCUT2D eigenvalue weighted by Crippen LogP contribution is -2.31. The number of Topliss-reactive ketones (excluding diaryl/α,β-unsaturated/α-hetero) is 1. The van der Waals surface area contributed by atoms with Gasteiger partial charge in [-0.15, -0.1) is 0 Å². The second-order valence-corrected chi connectivity index (χ2v) is 8.78. The molecule has 3 aliphatic rings. The molecule has 0 saturated carbocycles. The van der Waals surface area contributed by atoms with Crippen molar-refractivity contribution in [1.82, 2.24) is 4.90 Å². The van der Waals surface area contributed by atoms with Crippen LogP contribution in [0, 0.1) is 5.82 Å². The van der Waals surface area contributed by atoms with E-state index in [1.807, 2.05) is 0 Å². The zero-order valence-corrected chi connectivity index (χ0v) is 18.7. The molecule has 0 saturated heterocycles. The van der Waals surface area contributed by atoms with Crippen LogP contribution in [0.15, 0.2) is 54.3 Å². The smallest absolute Gasteiger partial charge is 0.231 e. The van der Waals surface area contributed by atoms with Gasteiger partial charge in [0.05, 0.1) is 17.7 Å². The summed E-state index contributed by atoms with van der Waals surface area (Å²) >= 11 is 6.27. The number of hydrogen-bond acceptors (Lipinski definition) is 6. The van der Waals surface area contributed by atoms with Crippen LogP contribution in [0.2, 0.25) is 5.02 Å². The number of ether oxygens (including phenoxy) is 4. The summed E-state index contributed by atoms with van der Waals surface area (Å²) in [6, 6.07) is 13.4. The maximum atomic E-state index is 13.2. The number of halogens is 2. The third-order valence-electron chi connectivity index (χ3n) is 5.99. The van der Waals surface area contributed by atoms with Gasteiger partial charge in [0.1, 0.15) is 29.8 Å². The quantitative estimate of drug-likeness (QED) is 0.474. The molecule has 34 heavy (non-hydrogen) atoms. The number of allylic oxidation sites excluding steroid dienone is 1. The molecular weight excluding hydrogens is 461 g/mol. The Morgan fingerprint density at radius 2 is 1.91 bits per heavy atom. The van der Waals surface area contributed by atoms with E-state index in [1.165, 1.54) is 12.1 Å². The molecule has 6 rings (SSSR count). The maximum Gasteiger partial charge on any atom is 0.231 e. The molecule has 6 nitrogen and oxygen atoms in total. The lowest BCUT2D eigenvalue weighted by Gasteiger charge is -2.29. The first-order valence-corrected chi connectivity index (χ1v) is 11.2. The number of carbonyl (C=O) groups excluding carboxylic acids is 1. The molecule has 3 heterocycles. The van der Waals surface area contributed by atoms with Crippen molar-refractivity contribution in [3.05, 3.63) is 92.9 Å². The van der Waals surface area contributed by atoms with Gasteiger partial charge in [-0.25, -0.2) is 4.39 Å². The van der Waals surface area contributed by atoms with Crippen LogP contribution in [-0.4, -0.2) is 24.2 Å². The van der Waals surface area contributed by atoms with Crippen molar-refractivity contribution in [2.75, 3.05) is 13.5 Å². The van der Waals surface area contributed by atoms with Crippen LogP contribution in [0.25, 0.3) is 6.08 Å². The molecule has 172 valence electrons. The minimum absolute atomic E-state index is 0.134. The second kappa shape index (κ2) is 8.43. The minimum Gasteiger partial charge on any atom is -0.478 e. The fourth-order valence-corrected chi connectivity index (χ4v) is 4.66. The molecular formula is C26H19ClFNO5. The number of rotatable bonds is 3. The summed E-state index contributed by atoms with van der Waals surface area (Å²) in [7, 11) is 0. The fourth-order valence-electron chi connectivity index (χ4n) is 4.41. The Labute approximate surface area is 200 Å². The monoisotopic (exact) mass is 479 g/mol. The number of benzene rings is 3. The summed E-state index contributed by atoms with van der Waals surface area (Å²) in [6.45, 7) is 2.01. The van der Waals surface area contributed by atoms with E-state index in [0.29, 0.717) is 59.8 Å². The average Bonchev–Trinajstić information content (AvgIpc) is 3.16. The maximum absolute atomic E-state index is 13.2. The van der Waals surface area contributed by atoms with Crippen LogP contribution >= 0.6 is 11.6 Å². The van der Waals surface area contributed by atoms with Gasteiger partial charge in [0, 0.05) is 29.2 Å². The van der Waals surface area contributed by atoms with Crippen molar-refractivity contribution in [2.45, 2.75) is 19.7 Å². The highest BCUT2D eigenvalue weighted by molar-refractivity contribution is 6.31. The van der Waals surface area contributed by atoms with Gasteiger partial charge >= 0.3 is 0 Å². The first kappa shape index (κ1) is 21.2.